The highest BCUT2D eigenvalue weighted by molar-refractivity contribution is 7.15. The van der Waals surface area contributed by atoms with Gasteiger partial charge >= 0.3 is 18.3 Å². The Bertz CT molecular complexity index is 2340. The maximum Gasteiger partial charge on any atom is 0.416 e. The molecule has 3 heterocycles. The van der Waals surface area contributed by atoms with Crippen LogP contribution in [-0.4, -0.2) is 46.9 Å². The van der Waals surface area contributed by atoms with E-state index in [9.17, 15) is 31.1 Å². The maximum atomic E-state index is 12.7. The van der Waals surface area contributed by atoms with Gasteiger partial charge in [0.1, 0.15) is 21.5 Å². The molecule has 1 aliphatic heterocycles. The van der Waals surface area contributed by atoms with Crippen LogP contribution in [0.3, 0.4) is 0 Å². The van der Waals surface area contributed by atoms with E-state index in [-0.39, 0.29) is 5.56 Å². The number of nitrogens with zero attached hydrogens (tertiary/aromatic N) is 3. The van der Waals surface area contributed by atoms with Crippen LogP contribution in [0, 0.1) is 13.8 Å². The first-order chi connectivity index (χ1) is 27.6. The fraction of sp³-hybridized carbons (Fsp3) is 0.220. The number of nitrogens with one attached hydrogen (secondary N) is 1. The van der Waals surface area contributed by atoms with Crippen LogP contribution >= 0.6 is 22.7 Å². The number of aromatic carboxylic acids is 1. The Kier molecular flexibility index (Phi) is 13.0. The summed E-state index contributed by atoms with van der Waals surface area (Å²) in [5, 5.41) is 14.3. The van der Waals surface area contributed by atoms with Crippen molar-refractivity contribution in [1.29, 1.82) is 0 Å². The number of rotatable bonds is 12. The van der Waals surface area contributed by atoms with E-state index in [2.05, 4.69) is 20.5 Å². The van der Waals surface area contributed by atoms with Gasteiger partial charge in [-0.2, -0.15) is 26.3 Å². The van der Waals surface area contributed by atoms with Gasteiger partial charge in [0.25, 0.3) is 0 Å². The van der Waals surface area contributed by atoms with Gasteiger partial charge in [-0.3, -0.25) is 5.43 Å². The number of carbonyl (C=O) groups is 1. The van der Waals surface area contributed by atoms with E-state index in [1.165, 1.54) is 59.1 Å². The smallest absolute Gasteiger partial charge is 0.416 e. The average molecular weight is 841 g/mol. The maximum absolute atomic E-state index is 12.7. The van der Waals surface area contributed by atoms with Crippen molar-refractivity contribution in [3.63, 3.8) is 0 Å². The fourth-order valence-corrected chi connectivity index (χ4v) is 7.40. The molecule has 6 aromatic rings. The van der Waals surface area contributed by atoms with Crippen molar-refractivity contribution in [3.8, 4) is 32.6 Å². The number of halogens is 6. The number of carboxylic acid groups (broad SMARTS) is 1. The summed E-state index contributed by atoms with van der Waals surface area (Å²) < 4.78 is 92.9. The molecule has 302 valence electrons. The molecule has 9 nitrogen and oxygen atoms in total. The minimum Gasteiger partial charge on any atom is -0.493 e. The Morgan fingerprint density at radius 1 is 0.672 bits per heavy atom. The van der Waals surface area contributed by atoms with E-state index in [1.807, 2.05) is 38.1 Å². The zero-order valence-corrected chi connectivity index (χ0v) is 32.4. The minimum absolute atomic E-state index is 0.184. The SMILES string of the molecule is Cc1sc(-c2ccc(C(F)(F)F)cc2)nc1CCOc1ccc(C(=O)O)cc1.Cc1sc(-c2ccc(C(F)(F)F)cc2)nc1CCOc1ccc(C2=NNCO2)cc1. The highest BCUT2D eigenvalue weighted by Crippen LogP contribution is 2.34. The van der Waals surface area contributed by atoms with Crippen molar-refractivity contribution in [2.75, 3.05) is 19.9 Å². The monoisotopic (exact) mass is 840 g/mol. The molecule has 0 aliphatic carbocycles. The van der Waals surface area contributed by atoms with Crippen LogP contribution in [0.4, 0.5) is 26.3 Å². The third-order valence-corrected chi connectivity index (χ3v) is 10.7. The number of aromatic nitrogens is 2. The summed E-state index contributed by atoms with van der Waals surface area (Å²) in [4.78, 5) is 21.9. The van der Waals surface area contributed by atoms with Gasteiger partial charge < -0.3 is 19.3 Å². The lowest BCUT2D eigenvalue weighted by Crippen LogP contribution is -2.04. The molecule has 0 saturated heterocycles. The normalized spacial score (nSPS) is 12.5. The number of aryl methyl sites for hydroxylation is 2. The van der Waals surface area contributed by atoms with E-state index < -0.39 is 29.4 Å². The lowest BCUT2D eigenvalue weighted by molar-refractivity contribution is -0.138. The van der Waals surface area contributed by atoms with Crippen LogP contribution in [0.1, 0.15) is 48.2 Å². The topological polar surface area (TPSA) is 115 Å². The summed E-state index contributed by atoms with van der Waals surface area (Å²) in [5.74, 6) is 0.831. The summed E-state index contributed by atoms with van der Waals surface area (Å²) in [5.41, 5.74) is 5.45. The van der Waals surface area contributed by atoms with E-state index >= 15 is 0 Å². The average Bonchev–Trinajstić information content (AvgIpc) is 3.96. The highest BCUT2D eigenvalue weighted by atomic mass is 32.1. The quantitative estimate of drug-likeness (QED) is 0.117. The molecule has 4 aromatic carbocycles. The zero-order chi connectivity index (χ0) is 41.5. The summed E-state index contributed by atoms with van der Waals surface area (Å²) in [6, 6.07) is 23.6. The summed E-state index contributed by atoms with van der Waals surface area (Å²) in [7, 11) is 0. The van der Waals surface area contributed by atoms with Gasteiger partial charge in [0, 0.05) is 39.3 Å². The molecule has 0 bridgehead atoms. The molecule has 0 radical (unpaired) electrons. The molecular weight excluding hydrogens is 807 g/mol. The number of hydrogen-bond donors (Lipinski definition) is 2. The van der Waals surface area contributed by atoms with Gasteiger partial charge in [0.2, 0.25) is 5.90 Å². The second-order valence-corrected chi connectivity index (χ2v) is 15.0. The van der Waals surface area contributed by atoms with Gasteiger partial charge in [-0.25, -0.2) is 14.8 Å². The Labute approximate surface area is 336 Å². The van der Waals surface area contributed by atoms with E-state index in [0.29, 0.717) is 65.6 Å². The number of benzene rings is 4. The second-order valence-electron chi connectivity index (χ2n) is 12.6. The molecule has 0 spiro atoms. The van der Waals surface area contributed by atoms with Crippen LogP contribution in [0.2, 0.25) is 0 Å². The van der Waals surface area contributed by atoms with Crippen molar-refractivity contribution in [2.45, 2.75) is 39.0 Å². The van der Waals surface area contributed by atoms with E-state index in [4.69, 9.17) is 19.3 Å². The van der Waals surface area contributed by atoms with Crippen LogP contribution in [-0.2, 0) is 29.9 Å². The molecule has 0 fully saturated rings. The van der Waals surface area contributed by atoms with Crippen molar-refractivity contribution >= 4 is 34.5 Å². The van der Waals surface area contributed by atoms with Crippen molar-refractivity contribution in [3.05, 3.63) is 140 Å². The first-order valence-corrected chi connectivity index (χ1v) is 19.2. The standard InChI is InChI=1S/C21H18F3N3O2S.C20H16F3NO3S/c1-13-18(26-20(30-13)15-2-6-16(7-3-15)21(22,23)24)10-11-28-17-8-4-14(5-9-17)19-27-25-12-29-19;1-12-17(10-11-27-16-8-4-14(5-9-16)19(25)26)24-18(28-12)13-2-6-15(7-3-13)20(21,22)23/h2-9,25H,10-12H2,1H3;2-9H,10-11H2,1H3,(H,25,26). The molecule has 7 rings (SSSR count). The number of ether oxygens (including phenoxy) is 3. The molecule has 0 amide bonds. The van der Waals surface area contributed by atoms with Gasteiger partial charge in [-0.15, -0.1) is 27.8 Å². The third kappa shape index (κ3) is 10.9. The molecule has 1 aliphatic rings. The van der Waals surface area contributed by atoms with Gasteiger partial charge in [0.05, 0.1) is 41.3 Å². The van der Waals surface area contributed by atoms with E-state index in [1.54, 1.807) is 12.1 Å². The Balaban J connectivity index is 0.000000196. The van der Waals surface area contributed by atoms with Crippen molar-refractivity contribution in [1.82, 2.24) is 15.4 Å². The summed E-state index contributed by atoms with van der Waals surface area (Å²) in [6.07, 6.45) is -7.57. The second kappa shape index (κ2) is 18.1. The number of alkyl halides is 6. The first kappa shape index (κ1) is 41.7. The predicted molar refractivity (Wildman–Crippen MR) is 208 cm³/mol. The Morgan fingerprint density at radius 3 is 1.47 bits per heavy atom. The fourth-order valence-electron chi connectivity index (χ4n) is 5.47. The Hall–Kier alpha value is -5.94. The number of hydrogen-bond acceptors (Lipinski definition) is 10. The molecule has 2 N–H and O–H groups in total. The Morgan fingerprint density at radius 2 is 1.09 bits per heavy atom. The molecule has 0 unspecified atom stereocenters. The summed E-state index contributed by atoms with van der Waals surface area (Å²) in [6.45, 7) is 5.02. The van der Waals surface area contributed by atoms with Crippen molar-refractivity contribution in [2.24, 2.45) is 5.10 Å². The van der Waals surface area contributed by atoms with Crippen LogP contribution in [0.25, 0.3) is 21.1 Å². The lowest BCUT2D eigenvalue weighted by Gasteiger charge is -2.07. The molecule has 0 atom stereocenters. The third-order valence-electron chi connectivity index (χ3n) is 8.58. The largest absolute Gasteiger partial charge is 0.493 e. The van der Waals surface area contributed by atoms with Crippen LogP contribution in [0.5, 0.6) is 11.5 Å². The van der Waals surface area contributed by atoms with Crippen LogP contribution < -0.4 is 14.9 Å². The molecular formula is C41H34F6N4O5S2. The summed E-state index contributed by atoms with van der Waals surface area (Å²) >= 11 is 2.88. The van der Waals surface area contributed by atoms with E-state index in [0.717, 1.165) is 56.7 Å². The predicted octanol–water partition coefficient (Wildman–Crippen LogP) is 10.5. The first-order valence-electron chi connectivity index (χ1n) is 17.5. The van der Waals surface area contributed by atoms with Crippen LogP contribution in [0.15, 0.2) is 102 Å². The molecule has 0 saturated carbocycles. The zero-order valence-electron chi connectivity index (χ0n) is 30.8. The molecule has 2 aromatic heterocycles. The number of thiazole rings is 2. The van der Waals surface area contributed by atoms with Crippen molar-refractivity contribution < 1.29 is 50.5 Å². The van der Waals surface area contributed by atoms with Gasteiger partial charge in [0.15, 0.2) is 6.73 Å². The number of hydrazone groups is 1. The van der Waals surface area contributed by atoms with Gasteiger partial charge in [-0.05, 0) is 86.6 Å². The van der Waals surface area contributed by atoms with Gasteiger partial charge in [-0.1, -0.05) is 24.3 Å². The lowest BCUT2D eigenvalue weighted by atomic mass is 10.1. The highest BCUT2D eigenvalue weighted by Gasteiger charge is 2.31. The minimum atomic E-state index is -4.36. The number of carboxylic acids is 1. The molecule has 58 heavy (non-hydrogen) atoms. The molecule has 17 heteroatoms.